The minimum atomic E-state index is -0.500. The third-order valence-corrected chi connectivity index (χ3v) is 4.77. The number of methoxy groups -OCH3 is 1. The Hall–Kier alpha value is -3.35. The fraction of sp³-hybridized carbons (Fsp3) is 0.273. The Labute approximate surface area is 169 Å². The number of hydrogen-bond acceptors (Lipinski definition) is 3. The lowest BCUT2D eigenvalue weighted by Crippen LogP contribution is -2.42. The van der Waals surface area contributed by atoms with Crippen molar-refractivity contribution < 1.29 is 13.9 Å². The molecule has 3 rings (SSSR count). The number of carbonyl (C=O) groups is 1. The zero-order valence-electron chi connectivity index (χ0n) is 16.8. The highest BCUT2D eigenvalue weighted by Gasteiger charge is 2.25. The molecule has 0 saturated heterocycles. The summed E-state index contributed by atoms with van der Waals surface area (Å²) in [4.78, 5) is 19.1. The van der Waals surface area contributed by atoms with Gasteiger partial charge in [-0.25, -0.2) is 14.2 Å². The number of imidazole rings is 1. The van der Waals surface area contributed by atoms with Crippen molar-refractivity contribution in [2.45, 2.75) is 19.5 Å². The molecule has 2 aromatic carbocycles. The van der Waals surface area contributed by atoms with Gasteiger partial charge in [0.2, 0.25) is 0 Å². The number of amides is 2. The Morgan fingerprint density at radius 2 is 2.07 bits per heavy atom. The zero-order chi connectivity index (χ0) is 20.8. The second kappa shape index (κ2) is 9.23. The molecule has 0 spiro atoms. The number of ether oxygens (including phenoxy) is 1. The average molecular weight is 396 g/mol. The number of aryl methyl sites for hydroxylation is 1. The van der Waals surface area contributed by atoms with Gasteiger partial charge in [0.1, 0.15) is 23.4 Å². The smallest absolute Gasteiger partial charge is 0.318 e. The lowest BCUT2D eigenvalue weighted by atomic mass is 10.0. The number of nitrogens with one attached hydrogen (secondary N) is 1. The highest BCUT2D eigenvalue weighted by atomic mass is 19.1. The van der Waals surface area contributed by atoms with Crippen molar-refractivity contribution in [2.24, 2.45) is 7.05 Å². The van der Waals surface area contributed by atoms with E-state index in [1.54, 1.807) is 30.3 Å². The quantitative estimate of drug-likeness (QED) is 0.659. The topological polar surface area (TPSA) is 59.4 Å². The molecule has 152 valence electrons. The molecule has 1 unspecified atom stereocenters. The highest BCUT2D eigenvalue weighted by molar-refractivity contribution is 5.75. The van der Waals surface area contributed by atoms with E-state index in [0.717, 1.165) is 11.1 Å². The Balaban J connectivity index is 1.88. The molecule has 0 saturated carbocycles. The number of para-hydroxylation sites is 1. The standard InChI is InChI=1S/C22H25FN4O2/c1-4-27(15-16-8-7-9-17(23)14-16)22(28)25-20(21-24-12-13-26(21)2)18-10-5-6-11-19(18)29-3/h5-14,20H,4,15H2,1-3H3,(H,25,28). The van der Waals surface area contributed by atoms with Crippen LogP contribution in [0.3, 0.4) is 0 Å². The summed E-state index contributed by atoms with van der Waals surface area (Å²) in [6.45, 7) is 2.67. The summed E-state index contributed by atoms with van der Waals surface area (Å²) < 4.78 is 20.9. The minimum absolute atomic E-state index is 0.268. The van der Waals surface area contributed by atoms with Gasteiger partial charge in [-0.05, 0) is 30.7 Å². The predicted molar refractivity (Wildman–Crippen MR) is 109 cm³/mol. The number of carbonyl (C=O) groups excluding carboxylic acids is 1. The highest BCUT2D eigenvalue weighted by Crippen LogP contribution is 2.29. The second-order valence-corrected chi connectivity index (χ2v) is 6.66. The van der Waals surface area contributed by atoms with Gasteiger partial charge in [0.25, 0.3) is 0 Å². The van der Waals surface area contributed by atoms with Crippen molar-refractivity contribution in [1.29, 1.82) is 0 Å². The van der Waals surface area contributed by atoms with Crippen LogP contribution in [0, 0.1) is 5.82 Å². The monoisotopic (exact) mass is 396 g/mol. The summed E-state index contributed by atoms with van der Waals surface area (Å²) in [5.74, 6) is 1.03. The van der Waals surface area contributed by atoms with E-state index >= 15 is 0 Å². The SMILES string of the molecule is CCN(Cc1cccc(F)c1)C(=O)NC(c1ccccc1OC)c1nccn1C. The fourth-order valence-electron chi connectivity index (χ4n) is 3.24. The Bertz CT molecular complexity index is 973. The van der Waals surface area contributed by atoms with Crippen molar-refractivity contribution in [2.75, 3.05) is 13.7 Å². The molecule has 6 nitrogen and oxygen atoms in total. The second-order valence-electron chi connectivity index (χ2n) is 6.66. The predicted octanol–water partition coefficient (Wildman–Crippen LogP) is 3.89. The molecule has 0 radical (unpaired) electrons. The minimum Gasteiger partial charge on any atom is -0.496 e. The van der Waals surface area contributed by atoms with E-state index in [2.05, 4.69) is 10.3 Å². The van der Waals surface area contributed by atoms with Crippen LogP contribution < -0.4 is 10.1 Å². The van der Waals surface area contributed by atoms with Gasteiger partial charge in [0, 0.05) is 38.1 Å². The number of halogens is 1. The molecule has 0 aliphatic rings. The van der Waals surface area contributed by atoms with Crippen LogP contribution in [-0.2, 0) is 13.6 Å². The molecule has 1 heterocycles. The summed E-state index contributed by atoms with van der Waals surface area (Å²) in [7, 11) is 3.47. The number of urea groups is 1. The summed E-state index contributed by atoms with van der Waals surface area (Å²) in [6, 6.07) is 13.0. The van der Waals surface area contributed by atoms with Crippen LogP contribution in [0.2, 0.25) is 0 Å². The number of nitrogens with zero attached hydrogens (tertiary/aromatic N) is 3. The fourth-order valence-corrected chi connectivity index (χ4v) is 3.24. The van der Waals surface area contributed by atoms with Gasteiger partial charge in [0.05, 0.1) is 7.11 Å². The first kappa shape index (κ1) is 20.4. The van der Waals surface area contributed by atoms with E-state index in [1.165, 1.54) is 12.1 Å². The third kappa shape index (κ3) is 4.74. The average Bonchev–Trinajstić information content (AvgIpc) is 3.15. The molecule has 7 heteroatoms. The Morgan fingerprint density at radius 3 is 2.72 bits per heavy atom. The van der Waals surface area contributed by atoms with Gasteiger partial charge < -0.3 is 19.5 Å². The summed E-state index contributed by atoms with van der Waals surface area (Å²) >= 11 is 0. The van der Waals surface area contributed by atoms with Crippen molar-refractivity contribution >= 4 is 6.03 Å². The van der Waals surface area contributed by atoms with Gasteiger partial charge in [-0.2, -0.15) is 0 Å². The first-order valence-corrected chi connectivity index (χ1v) is 9.43. The van der Waals surface area contributed by atoms with Gasteiger partial charge in [-0.1, -0.05) is 30.3 Å². The Morgan fingerprint density at radius 1 is 1.28 bits per heavy atom. The number of benzene rings is 2. The molecule has 2 amide bonds. The van der Waals surface area contributed by atoms with Crippen molar-refractivity contribution in [3.05, 3.63) is 83.7 Å². The molecule has 3 aromatic rings. The van der Waals surface area contributed by atoms with Crippen LogP contribution in [0.15, 0.2) is 60.9 Å². The van der Waals surface area contributed by atoms with Crippen molar-refractivity contribution in [3.8, 4) is 5.75 Å². The van der Waals surface area contributed by atoms with Crippen molar-refractivity contribution in [3.63, 3.8) is 0 Å². The molecule has 0 bridgehead atoms. The molecule has 0 fully saturated rings. The van der Waals surface area contributed by atoms with E-state index in [4.69, 9.17) is 4.74 Å². The van der Waals surface area contributed by atoms with Gasteiger partial charge in [-0.3, -0.25) is 0 Å². The first-order chi connectivity index (χ1) is 14.0. The van der Waals surface area contributed by atoms with Crippen LogP contribution in [0.5, 0.6) is 5.75 Å². The van der Waals surface area contributed by atoms with Gasteiger partial charge >= 0.3 is 6.03 Å². The molecular weight excluding hydrogens is 371 g/mol. The van der Waals surface area contributed by atoms with Crippen LogP contribution in [0.25, 0.3) is 0 Å². The van der Waals surface area contributed by atoms with E-state index in [1.807, 2.05) is 49.0 Å². The van der Waals surface area contributed by atoms with Gasteiger partial charge in [-0.15, -0.1) is 0 Å². The maximum Gasteiger partial charge on any atom is 0.318 e. The van der Waals surface area contributed by atoms with E-state index in [9.17, 15) is 9.18 Å². The van der Waals surface area contributed by atoms with Gasteiger partial charge in [0.15, 0.2) is 0 Å². The van der Waals surface area contributed by atoms with E-state index in [0.29, 0.717) is 24.7 Å². The molecule has 29 heavy (non-hydrogen) atoms. The molecular formula is C22H25FN4O2. The van der Waals surface area contributed by atoms with E-state index in [-0.39, 0.29) is 11.8 Å². The van der Waals surface area contributed by atoms with Crippen LogP contribution in [0.4, 0.5) is 9.18 Å². The largest absolute Gasteiger partial charge is 0.496 e. The molecule has 1 atom stereocenters. The normalized spacial score (nSPS) is 11.7. The third-order valence-electron chi connectivity index (χ3n) is 4.77. The summed E-state index contributed by atoms with van der Waals surface area (Å²) in [5, 5.41) is 3.07. The van der Waals surface area contributed by atoms with E-state index < -0.39 is 6.04 Å². The number of hydrogen-bond donors (Lipinski definition) is 1. The summed E-state index contributed by atoms with van der Waals surface area (Å²) in [5.41, 5.74) is 1.53. The van der Waals surface area contributed by atoms with Crippen LogP contribution >= 0.6 is 0 Å². The molecule has 0 aliphatic heterocycles. The van der Waals surface area contributed by atoms with Crippen molar-refractivity contribution in [1.82, 2.24) is 19.8 Å². The summed E-state index contributed by atoms with van der Waals surface area (Å²) in [6.07, 6.45) is 3.52. The van der Waals surface area contributed by atoms with Crippen LogP contribution in [-0.4, -0.2) is 34.1 Å². The number of aromatic nitrogens is 2. The number of rotatable bonds is 7. The first-order valence-electron chi connectivity index (χ1n) is 9.43. The Kier molecular flexibility index (Phi) is 6.49. The lowest BCUT2D eigenvalue weighted by Gasteiger charge is -2.26. The zero-order valence-corrected chi connectivity index (χ0v) is 16.8. The maximum atomic E-state index is 13.5. The molecule has 0 aliphatic carbocycles. The lowest BCUT2D eigenvalue weighted by molar-refractivity contribution is 0.195. The maximum absolute atomic E-state index is 13.5. The van der Waals surface area contributed by atoms with Crippen LogP contribution in [0.1, 0.15) is 29.9 Å². The molecule has 1 N–H and O–H groups in total. The molecule has 1 aromatic heterocycles.